The van der Waals surface area contributed by atoms with Crippen LogP contribution < -0.4 is 5.73 Å². The van der Waals surface area contributed by atoms with Crippen molar-refractivity contribution >= 4 is 11.3 Å². The fraction of sp³-hybridized carbons (Fsp3) is 0.500. The Morgan fingerprint density at radius 1 is 1.50 bits per heavy atom. The van der Waals surface area contributed by atoms with Gasteiger partial charge in [0.25, 0.3) is 0 Å². The minimum Gasteiger partial charge on any atom is -0.325 e. The Morgan fingerprint density at radius 2 is 2.25 bits per heavy atom. The Bertz CT molecular complexity index is 485. The van der Waals surface area contributed by atoms with Gasteiger partial charge in [-0.15, -0.1) is 21.5 Å². The van der Waals surface area contributed by atoms with Gasteiger partial charge in [0.2, 0.25) is 0 Å². The molecule has 0 bridgehead atoms. The molecule has 2 heterocycles. The third-order valence-electron chi connectivity index (χ3n) is 2.35. The number of nitrogens with zero attached hydrogens (tertiary/aromatic N) is 4. The normalized spacial score (nSPS) is 11.3. The summed E-state index contributed by atoms with van der Waals surface area (Å²) in [5, 5.41) is 9.05. The largest absolute Gasteiger partial charge is 0.325 e. The van der Waals surface area contributed by atoms with Gasteiger partial charge in [-0.05, 0) is 20.8 Å². The molecule has 5 nitrogen and oxygen atoms in total. The second-order valence-electron chi connectivity index (χ2n) is 3.88. The van der Waals surface area contributed by atoms with Gasteiger partial charge in [-0.25, -0.2) is 4.98 Å². The molecule has 0 aliphatic rings. The molecular weight excluding hydrogens is 222 g/mol. The van der Waals surface area contributed by atoms with E-state index >= 15 is 0 Å². The first-order chi connectivity index (χ1) is 7.63. The maximum atomic E-state index is 5.59. The quantitative estimate of drug-likeness (QED) is 0.883. The summed E-state index contributed by atoms with van der Waals surface area (Å²) >= 11 is 1.59. The first kappa shape index (κ1) is 11.2. The van der Waals surface area contributed by atoms with E-state index in [4.69, 9.17) is 5.73 Å². The average Bonchev–Trinajstić information content (AvgIpc) is 2.82. The Labute approximate surface area is 98.3 Å². The van der Waals surface area contributed by atoms with Gasteiger partial charge in [0, 0.05) is 12.6 Å². The van der Waals surface area contributed by atoms with Crippen molar-refractivity contribution in [1.82, 2.24) is 19.7 Å². The minimum atomic E-state index is 0.341. The summed E-state index contributed by atoms with van der Waals surface area (Å²) in [7, 11) is 0. The molecule has 0 aliphatic heterocycles. The van der Waals surface area contributed by atoms with E-state index in [0.717, 1.165) is 21.4 Å². The van der Waals surface area contributed by atoms with Crippen molar-refractivity contribution in [2.45, 2.75) is 33.4 Å². The van der Waals surface area contributed by atoms with Crippen LogP contribution in [0.1, 0.15) is 30.6 Å². The lowest BCUT2D eigenvalue weighted by Crippen LogP contribution is -2.01. The zero-order valence-corrected chi connectivity index (χ0v) is 10.5. The third-order valence-corrected chi connectivity index (χ3v) is 3.52. The van der Waals surface area contributed by atoms with Crippen molar-refractivity contribution in [3.8, 4) is 10.7 Å². The molecule has 0 atom stereocenters. The van der Waals surface area contributed by atoms with E-state index in [-0.39, 0.29) is 0 Å². The van der Waals surface area contributed by atoms with Crippen LogP contribution in [0.5, 0.6) is 0 Å². The number of nitrogens with two attached hydrogens (primary N) is 1. The van der Waals surface area contributed by atoms with Crippen LogP contribution in [0.3, 0.4) is 0 Å². The van der Waals surface area contributed by atoms with Crippen molar-refractivity contribution in [3.63, 3.8) is 0 Å². The number of aryl methyl sites for hydroxylation is 1. The molecule has 0 unspecified atom stereocenters. The molecule has 0 aliphatic carbocycles. The van der Waals surface area contributed by atoms with E-state index in [0.29, 0.717) is 12.6 Å². The maximum absolute atomic E-state index is 5.59. The van der Waals surface area contributed by atoms with Crippen molar-refractivity contribution in [1.29, 1.82) is 0 Å². The standard InChI is InChI=1S/C10H15N5S/c1-6(2)15-5-12-14-10(15)9-7(3)13-8(4-11)16-9/h5-6H,4,11H2,1-3H3. The van der Waals surface area contributed by atoms with Crippen molar-refractivity contribution in [3.05, 3.63) is 17.0 Å². The van der Waals surface area contributed by atoms with Crippen LogP contribution in [0.4, 0.5) is 0 Å². The Morgan fingerprint density at radius 3 is 2.81 bits per heavy atom. The molecule has 0 spiro atoms. The van der Waals surface area contributed by atoms with Gasteiger partial charge in [-0.3, -0.25) is 0 Å². The molecule has 6 heteroatoms. The Kier molecular flexibility index (Phi) is 3.02. The lowest BCUT2D eigenvalue weighted by molar-refractivity contribution is 0.604. The first-order valence-electron chi connectivity index (χ1n) is 5.19. The Balaban J connectivity index is 2.49. The Hall–Kier alpha value is -1.27. The van der Waals surface area contributed by atoms with Crippen LogP contribution in [0, 0.1) is 6.92 Å². The first-order valence-corrected chi connectivity index (χ1v) is 6.01. The van der Waals surface area contributed by atoms with Gasteiger partial charge in [0.05, 0.1) is 10.6 Å². The van der Waals surface area contributed by atoms with Crippen molar-refractivity contribution < 1.29 is 0 Å². The molecule has 2 rings (SSSR count). The molecule has 0 aromatic carbocycles. The monoisotopic (exact) mass is 237 g/mol. The van der Waals surface area contributed by atoms with E-state index in [1.807, 2.05) is 11.5 Å². The third kappa shape index (κ3) is 1.85. The van der Waals surface area contributed by atoms with Gasteiger partial charge in [0.1, 0.15) is 11.3 Å². The van der Waals surface area contributed by atoms with E-state index < -0.39 is 0 Å². The van der Waals surface area contributed by atoms with Gasteiger partial charge >= 0.3 is 0 Å². The lowest BCUT2D eigenvalue weighted by atomic mass is 10.3. The summed E-state index contributed by atoms with van der Waals surface area (Å²) in [5.74, 6) is 0.879. The zero-order valence-electron chi connectivity index (χ0n) is 9.64. The van der Waals surface area contributed by atoms with Crippen molar-refractivity contribution in [2.75, 3.05) is 0 Å². The second kappa shape index (κ2) is 4.31. The molecule has 0 amide bonds. The summed E-state index contributed by atoms with van der Waals surface area (Å²) in [4.78, 5) is 5.46. The van der Waals surface area contributed by atoms with Crippen molar-refractivity contribution in [2.24, 2.45) is 5.73 Å². The number of thiazole rings is 1. The maximum Gasteiger partial charge on any atom is 0.176 e. The summed E-state index contributed by atoms with van der Waals surface area (Å²) in [6.45, 7) is 6.66. The van der Waals surface area contributed by atoms with E-state index in [1.165, 1.54) is 0 Å². The number of hydrogen-bond donors (Lipinski definition) is 1. The molecule has 2 aromatic rings. The van der Waals surface area contributed by atoms with Gasteiger partial charge < -0.3 is 10.3 Å². The van der Waals surface area contributed by atoms with Crippen LogP contribution in [0.25, 0.3) is 10.7 Å². The summed E-state index contributed by atoms with van der Waals surface area (Å²) in [5.41, 5.74) is 6.56. The number of rotatable bonds is 3. The average molecular weight is 237 g/mol. The van der Waals surface area contributed by atoms with Gasteiger partial charge in [-0.2, -0.15) is 0 Å². The van der Waals surface area contributed by atoms with Crippen LogP contribution in [-0.4, -0.2) is 19.7 Å². The molecule has 2 aromatic heterocycles. The molecule has 2 N–H and O–H groups in total. The topological polar surface area (TPSA) is 69.6 Å². The zero-order chi connectivity index (χ0) is 11.7. The van der Waals surface area contributed by atoms with Crippen LogP contribution in [-0.2, 0) is 6.54 Å². The van der Waals surface area contributed by atoms with E-state index in [9.17, 15) is 0 Å². The van der Waals surface area contributed by atoms with Crippen LogP contribution >= 0.6 is 11.3 Å². The molecule has 0 saturated carbocycles. The highest BCUT2D eigenvalue weighted by Crippen LogP contribution is 2.29. The number of aromatic nitrogens is 4. The summed E-state index contributed by atoms with van der Waals surface area (Å²) in [6, 6.07) is 0.341. The highest BCUT2D eigenvalue weighted by molar-refractivity contribution is 7.15. The molecule has 0 saturated heterocycles. The predicted molar refractivity (Wildman–Crippen MR) is 64.1 cm³/mol. The predicted octanol–water partition coefficient (Wildman–Crippen LogP) is 1.75. The van der Waals surface area contributed by atoms with E-state index in [1.54, 1.807) is 17.7 Å². The summed E-state index contributed by atoms with van der Waals surface area (Å²) in [6.07, 6.45) is 1.75. The highest BCUT2D eigenvalue weighted by Gasteiger charge is 2.16. The molecule has 16 heavy (non-hydrogen) atoms. The van der Waals surface area contributed by atoms with Gasteiger partial charge in [-0.1, -0.05) is 0 Å². The fourth-order valence-corrected chi connectivity index (χ4v) is 2.46. The smallest absolute Gasteiger partial charge is 0.176 e. The molecule has 86 valence electrons. The minimum absolute atomic E-state index is 0.341. The summed E-state index contributed by atoms with van der Waals surface area (Å²) < 4.78 is 2.04. The van der Waals surface area contributed by atoms with E-state index in [2.05, 4.69) is 29.0 Å². The lowest BCUT2D eigenvalue weighted by Gasteiger charge is -2.08. The molecular formula is C10H15N5S. The van der Waals surface area contributed by atoms with Gasteiger partial charge in [0.15, 0.2) is 5.82 Å². The van der Waals surface area contributed by atoms with Crippen LogP contribution in [0.2, 0.25) is 0 Å². The van der Waals surface area contributed by atoms with Crippen LogP contribution in [0.15, 0.2) is 6.33 Å². The highest BCUT2D eigenvalue weighted by atomic mass is 32.1. The SMILES string of the molecule is Cc1nc(CN)sc1-c1nncn1C(C)C. The fourth-order valence-electron chi connectivity index (χ4n) is 1.53. The second-order valence-corrected chi connectivity index (χ2v) is 4.97. The number of hydrogen-bond acceptors (Lipinski definition) is 5. The molecule has 0 radical (unpaired) electrons. The molecule has 0 fully saturated rings.